The molecule has 0 spiro atoms. The molecule has 2 aliphatic rings. The highest BCUT2D eigenvalue weighted by Gasteiger charge is 2.31. The number of nitrogens with zero attached hydrogens (tertiary/aromatic N) is 4. The fourth-order valence-corrected chi connectivity index (χ4v) is 2.61. The molecule has 2 heterocycles. The topological polar surface area (TPSA) is 62.5 Å². The quantitative estimate of drug-likeness (QED) is 0.847. The molecule has 116 valence electrons. The first-order valence-corrected chi connectivity index (χ1v) is 7.78. The first-order chi connectivity index (χ1) is 9.93. The molecular formula is C15H24N4O2. The van der Waals surface area contributed by atoms with Crippen LogP contribution in [0.2, 0.25) is 0 Å². The molecule has 1 aliphatic heterocycles. The largest absolute Gasteiger partial charge is 0.340 e. The Morgan fingerprint density at radius 2 is 1.90 bits per heavy atom. The molecule has 1 aromatic rings. The van der Waals surface area contributed by atoms with Gasteiger partial charge in [-0.25, -0.2) is 0 Å². The van der Waals surface area contributed by atoms with Crippen LogP contribution in [0.15, 0.2) is 4.52 Å². The van der Waals surface area contributed by atoms with Crippen LogP contribution in [0.3, 0.4) is 0 Å². The molecule has 0 aromatic carbocycles. The van der Waals surface area contributed by atoms with Gasteiger partial charge in [0.25, 0.3) is 0 Å². The second-order valence-corrected chi connectivity index (χ2v) is 7.14. The van der Waals surface area contributed by atoms with Crippen LogP contribution in [0.1, 0.15) is 51.2 Å². The number of carbonyl (C=O) groups is 1. The van der Waals surface area contributed by atoms with E-state index < -0.39 is 0 Å². The molecule has 3 rings (SSSR count). The predicted octanol–water partition coefficient (Wildman–Crippen LogP) is 1.64. The van der Waals surface area contributed by atoms with Gasteiger partial charge in [-0.05, 0) is 12.8 Å². The smallest absolute Gasteiger partial charge is 0.240 e. The van der Waals surface area contributed by atoms with E-state index >= 15 is 0 Å². The monoisotopic (exact) mass is 292 g/mol. The van der Waals surface area contributed by atoms with Crippen molar-refractivity contribution in [2.75, 3.05) is 26.2 Å². The summed E-state index contributed by atoms with van der Waals surface area (Å²) in [4.78, 5) is 20.9. The van der Waals surface area contributed by atoms with Gasteiger partial charge in [-0.3, -0.25) is 9.69 Å². The van der Waals surface area contributed by atoms with Crippen molar-refractivity contribution in [2.24, 2.45) is 5.41 Å². The minimum atomic E-state index is -0.298. The molecule has 1 aromatic heterocycles. The number of aromatic nitrogens is 2. The van der Waals surface area contributed by atoms with Gasteiger partial charge in [0.15, 0.2) is 5.82 Å². The van der Waals surface area contributed by atoms with E-state index in [4.69, 9.17) is 4.52 Å². The van der Waals surface area contributed by atoms with Gasteiger partial charge >= 0.3 is 0 Å². The standard InChI is InChI=1S/C15H24N4O2/c1-15(2,3)14(20)19-8-6-18(7-9-19)10-12-16-13(17-21-12)11-4-5-11/h11H,4-10H2,1-3H3. The molecule has 6 nitrogen and oxygen atoms in total. The van der Waals surface area contributed by atoms with E-state index in [2.05, 4.69) is 15.0 Å². The number of hydrogen-bond acceptors (Lipinski definition) is 5. The maximum absolute atomic E-state index is 12.2. The molecule has 0 radical (unpaired) electrons. The highest BCUT2D eigenvalue weighted by molar-refractivity contribution is 5.81. The van der Waals surface area contributed by atoms with Crippen molar-refractivity contribution in [3.05, 3.63) is 11.7 Å². The van der Waals surface area contributed by atoms with Gasteiger partial charge in [0.05, 0.1) is 6.54 Å². The molecule has 6 heteroatoms. The molecule has 1 amide bonds. The van der Waals surface area contributed by atoms with E-state index in [1.807, 2.05) is 25.7 Å². The van der Waals surface area contributed by atoms with Crippen LogP contribution in [0, 0.1) is 5.41 Å². The third-order valence-electron chi connectivity index (χ3n) is 4.09. The lowest BCUT2D eigenvalue weighted by Gasteiger charge is -2.37. The minimum Gasteiger partial charge on any atom is -0.340 e. The SMILES string of the molecule is CC(C)(C)C(=O)N1CCN(Cc2nc(C3CC3)no2)CC1. The van der Waals surface area contributed by atoms with Crippen LogP contribution in [0.25, 0.3) is 0 Å². The van der Waals surface area contributed by atoms with Gasteiger partial charge in [-0.1, -0.05) is 25.9 Å². The number of piperazine rings is 1. The first kappa shape index (κ1) is 14.5. The zero-order chi connectivity index (χ0) is 15.0. The van der Waals surface area contributed by atoms with E-state index in [0.717, 1.165) is 32.0 Å². The second kappa shape index (κ2) is 5.40. The van der Waals surface area contributed by atoms with Crippen LogP contribution in [0.5, 0.6) is 0 Å². The summed E-state index contributed by atoms with van der Waals surface area (Å²) in [7, 11) is 0. The van der Waals surface area contributed by atoms with Gasteiger partial charge in [0, 0.05) is 37.5 Å². The lowest BCUT2D eigenvalue weighted by atomic mass is 9.94. The highest BCUT2D eigenvalue weighted by Crippen LogP contribution is 2.38. The zero-order valence-electron chi connectivity index (χ0n) is 13.1. The van der Waals surface area contributed by atoms with Gasteiger partial charge < -0.3 is 9.42 Å². The van der Waals surface area contributed by atoms with Crippen molar-refractivity contribution >= 4 is 5.91 Å². The van der Waals surface area contributed by atoms with Crippen molar-refractivity contribution in [1.82, 2.24) is 19.9 Å². The van der Waals surface area contributed by atoms with Gasteiger partial charge in [-0.2, -0.15) is 4.98 Å². The summed E-state index contributed by atoms with van der Waals surface area (Å²) < 4.78 is 5.31. The predicted molar refractivity (Wildman–Crippen MR) is 77.6 cm³/mol. The number of amides is 1. The summed E-state index contributed by atoms with van der Waals surface area (Å²) in [6.07, 6.45) is 2.37. The Bertz CT molecular complexity index is 508. The second-order valence-electron chi connectivity index (χ2n) is 7.14. The Labute approximate surface area is 125 Å². The maximum atomic E-state index is 12.2. The van der Waals surface area contributed by atoms with E-state index in [0.29, 0.717) is 18.4 Å². The Kier molecular flexibility index (Phi) is 3.73. The normalized spacial score (nSPS) is 20.8. The maximum Gasteiger partial charge on any atom is 0.240 e. The lowest BCUT2D eigenvalue weighted by molar-refractivity contribution is -0.141. The lowest BCUT2D eigenvalue weighted by Crippen LogP contribution is -2.51. The van der Waals surface area contributed by atoms with Crippen LogP contribution in [0.4, 0.5) is 0 Å². The molecule has 2 fully saturated rings. The van der Waals surface area contributed by atoms with Gasteiger partial charge in [0.2, 0.25) is 11.8 Å². The van der Waals surface area contributed by atoms with Crippen molar-refractivity contribution in [3.8, 4) is 0 Å². The Morgan fingerprint density at radius 1 is 1.24 bits per heavy atom. The fourth-order valence-electron chi connectivity index (χ4n) is 2.61. The number of rotatable bonds is 3. The van der Waals surface area contributed by atoms with Crippen LogP contribution in [-0.2, 0) is 11.3 Å². The minimum absolute atomic E-state index is 0.232. The molecule has 0 unspecified atom stereocenters. The molecule has 1 saturated heterocycles. The molecular weight excluding hydrogens is 268 g/mol. The number of hydrogen-bond donors (Lipinski definition) is 0. The molecule has 21 heavy (non-hydrogen) atoms. The van der Waals surface area contributed by atoms with E-state index in [-0.39, 0.29) is 11.3 Å². The van der Waals surface area contributed by atoms with E-state index in [9.17, 15) is 4.79 Å². The summed E-state index contributed by atoms with van der Waals surface area (Å²) in [5.74, 6) is 2.33. The summed E-state index contributed by atoms with van der Waals surface area (Å²) in [6, 6.07) is 0. The van der Waals surface area contributed by atoms with Crippen LogP contribution < -0.4 is 0 Å². The Hall–Kier alpha value is -1.43. The molecule has 0 atom stereocenters. The Balaban J connectivity index is 1.50. The van der Waals surface area contributed by atoms with Crippen molar-refractivity contribution < 1.29 is 9.32 Å². The Morgan fingerprint density at radius 3 is 2.48 bits per heavy atom. The fraction of sp³-hybridized carbons (Fsp3) is 0.800. The first-order valence-electron chi connectivity index (χ1n) is 7.78. The molecule has 1 aliphatic carbocycles. The third kappa shape index (κ3) is 3.43. The summed E-state index contributed by atoms with van der Waals surface area (Å²) in [5.41, 5.74) is -0.298. The van der Waals surface area contributed by atoms with Crippen molar-refractivity contribution in [1.29, 1.82) is 0 Å². The van der Waals surface area contributed by atoms with Crippen molar-refractivity contribution in [2.45, 2.75) is 46.1 Å². The van der Waals surface area contributed by atoms with E-state index in [1.54, 1.807) is 0 Å². The van der Waals surface area contributed by atoms with Gasteiger partial charge in [-0.15, -0.1) is 0 Å². The number of carbonyl (C=O) groups excluding carboxylic acids is 1. The van der Waals surface area contributed by atoms with Crippen molar-refractivity contribution in [3.63, 3.8) is 0 Å². The molecule has 0 bridgehead atoms. The van der Waals surface area contributed by atoms with Crippen LogP contribution >= 0.6 is 0 Å². The molecule has 0 N–H and O–H groups in total. The summed E-state index contributed by atoms with van der Waals surface area (Å²) >= 11 is 0. The average Bonchev–Trinajstić information content (AvgIpc) is 3.19. The summed E-state index contributed by atoms with van der Waals surface area (Å²) in [6.45, 7) is 9.89. The highest BCUT2D eigenvalue weighted by atomic mass is 16.5. The zero-order valence-corrected chi connectivity index (χ0v) is 13.1. The molecule has 1 saturated carbocycles. The third-order valence-corrected chi connectivity index (χ3v) is 4.09. The average molecular weight is 292 g/mol. The van der Waals surface area contributed by atoms with E-state index in [1.165, 1.54) is 12.8 Å². The van der Waals surface area contributed by atoms with Crippen LogP contribution in [-0.4, -0.2) is 52.0 Å². The van der Waals surface area contributed by atoms with Gasteiger partial charge in [0.1, 0.15) is 0 Å². The summed E-state index contributed by atoms with van der Waals surface area (Å²) in [5, 5.41) is 4.04.